The van der Waals surface area contributed by atoms with Crippen LogP contribution in [0.15, 0.2) is 35.9 Å². The Morgan fingerprint density at radius 3 is 2.78 bits per heavy atom. The van der Waals surface area contributed by atoms with E-state index in [1.165, 1.54) is 23.3 Å². The molecule has 1 aliphatic carbocycles. The fraction of sp³-hybridized carbons (Fsp3) is 0.316. The third-order valence-electron chi connectivity index (χ3n) is 4.60. The highest BCUT2D eigenvalue weighted by Crippen LogP contribution is 2.40. The van der Waals surface area contributed by atoms with Crippen LogP contribution in [0.1, 0.15) is 46.1 Å². The Kier molecular flexibility index (Phi) is 3.69. The molecule has 2 N–H and O–H groups in total. The number of rotatable bonds is 2. The van der Waals surface area contributed by atoms with Gasteiger partial charge in [0, 0.05) is 4.88 Å². The molecular formula is C19H20N2OS. The number of amides is 1. The third kappa shape index (κ3) is 2.68. The van der Waals surface area contributed by atoms with Gasteiger partial charge in [-0.1, -0.05) is 36.4 Å². The van der Waals surface area contributed by atoms with Crippen LogP contribution in [0.2, 0.25) is 0 Å². The van der Waals surface area contributed by atoms with Crippen molar-refractivity contribution in [1.82, 2.24) is 5.32 Å². The van der Waals surface area contributed by atoms with Crippen molar-refractivity contribution in [2.24, 2.45) is 0 Å². The summed E-state index contributed by atoms with van der Waals surface area (Å²) < 4.78 is 0. The van der Waals surface area contributed by atoms with Gasteiger partial charge in [0.1, 0.15) is 11.2 Å². The molecule has 4 rings (SSSR count). The van der Waals surface area contributed by atoms with Crippen molar-refractivity contribution in [2.45, 2.75) is 38.8 Å². The van der Waals surface area contributed by atoms with E-state index in [2.05, 4.69) is 35.8 Å². The molecule has 1 aromatic carbocycles. The molecule has 1 amide bonds. The van der Waals surface area contributed by atoms with Crippen LogP contribution >= 0.6 is 11.3 Å². The fourth-order valence-corrected chi connectivity index (χ4v) is 4.72. The van der Waals surface area contributed by atoms with E-state index in [9.17, 15) is 4.79 Å². The number of aryl methyl sites for hydroxylation is 1. The lowest BCUT2D eigenvalue weighted by molar-refractivity contribution is 0.0941. The summed E-state index contributed by atoms with van der Waals surface area (Å²) in [7, 11) is 0. The largest absolute Gasteiger partial charge is 0.353 e. The van der Waals surface area contributed by atoms with Gasteiger partial charge in [0.2, 0.25) is 0 Å². The van der Waals surface area contributed by atoms with E-state index in [0.29, 0.717) is 0 Å². The Labute approximate surface area is 140 Å². The minimum atomic E-state index is -0.129. The number of thiophene rings is 1. The molecule has 23 heavy (non-hydrogen) atoms. The van der Waals surface area contributed by atoms with E-state index in [1.807, 2.05) is 18.2 Å². The first-order chi connectivity index (χ1) is 11.2. The molecule has 4 heteroatoms. The average molecular weight is 324 g/mol. The predicted octanol–water partition coefficient (Wildman–Crippen LogP) is 4.21. The Morgan fingerprint density at radius 2 is 1.96 bits per heavy atom. The van der Waals surface area contributed by atoms with Crippen molar-refractivity contribution >= 4 is 28.3 Å². The maximum atomic E-state index is 12.6. The van der Waals surface area contributed by atoms with E-state index in [0.717, 1.165) is 34.5 Å². The number of benzene rings is 1. The molecular weight excluding hydrogens is 304 g/mol. The molecule has 0 saturated heterocycles. The standard InChI is InChI=1S/C19H20N2OS/c1-12(11-13-7-3-2-4-8-13)17-20-18(22)16-14-9-5-6-10-15(14)23-19(16)21-17/h2-4,7-8,11,17,21H,5-6,9-10H2,1H3,(H,20,22)/b12-11-/t17-/m0/s1. The Hall–Kier alpha value is -2.07. The van der Waals surface area contributed by atoms with Crippen LogP contribution in [-0.4, -0.2) is 12.1 Å². The summed E-state index contributed by atoms with van der Waals surface area (Å²) in [6, 6.07) is 10.2. The molecule has 118 valence electrons. The summed E-state index contributed by atoms with van der Waals surface area (Å²) >= 11 is 1.77. The summed E-state index contributed by atoms with van der Waals surface area (Å²) in [5.41, 5.74) is 4.44. The highest BCUT2D eigenvalue weighted by atomic mass is 32.1. The maximum absolute atomic E-state index is 12.6. The monoisotopic (exact) mass is 324 g/mol. The van der Waals surface area contributed by atoms with Crippen LogP contribution in [0, 0.1) is 0 Å². The van der Waals surface area contributed by atoms with Crippen LogP contribution in [-0.2, 0) is 12.8 Å². The van der Waals surface area contributed by atoms with E-state index in [4.69, 9.17) is 0 Å². The van der Waals surface area contributed by atoms with Crippen LogP contribution in [0.5, 0.6) is 0 Å². The molecule has 0 spiro atoms. The summed E-state index contributed by atoms with van der Waals surface area (Å²) in [5, 5.41) is 7.69. The third-order valence-corrected chi connectivity index (χ3v) is 5.82. The number of carbonyl (C=O) groups is 1. The van der Waals surface area contributed by atoms with Crippen molar-refractivity contribution in [3.63, 3.8) is 0 Å². The van der Waals surface area contributed by atoms with Crippen molar-refractivity contribution in [3.05, 3.63) is 57.5 Å². The number of carbonyl (C=O) groups excluding carboxylic acids is 1. The van der Waals surface area contributed by atoms with Crippen molar-refractivity contribution in [2.75, 3.05) is 5.32 Å². The number of hydrogen-bond donors (Lipinski definition) is 2. The summed E-state index contributed by atoms with van der Waals surface area (Å²) in [5.74, 6) is 0.0731. The van der Waals surface area contributed by atoms with Gasteiger partial charge in [-0.05, 0) is 49.3 Å². The van der Waals surface area contributed by atoms with Gasteiger partial charge in [-0.3, -0.25) is 4.79 Å². The van der Waals surface area contributed by atoms with Crippen molar-refractivity contribution < 1.29 is 4.79 Å². The molecule has 3 nitrogen and oxygen atoms in total. The fourth-order valence-electron chi connectivity index (χ4n) is 3.40. The molecule has 1 aromatic heterocycles. The molecule has 0 saturated carbocycles. The minimum Gasteiger partial charge on any atom is -0.353 e. The smallest absolute Gasteiger partial charge is 0.256 e. The lowest BCUT2D eigenvalue weighted by Gasteiger charge is -2.27. The molecule has 1 aliphatic heterocycles. The summed E-state index contributed by atoms with van der Waals surface area (Å²) in [6.45, 7) is 2.06. The summed E-state index contributed by atoms with van der Waals surface area (Å²) in [6.07, 6.45) is 6.58. The first-order valence-corrected chi connectivity index (χ1v) is 8.99. The normalized spacial score (nSPS) is 20.3. The van der Waals surface area contributed by atoms with Gasteiger partial charge in [0.05, 0.1) is 5.56 Å². The molecule has 0 unspecified atom stereocenters. The zero-order valence-corrected chi connectivity index (χ0v) is 14.0. The van der Waals surface area contributed by atoms with Crippen molar-refractivity contribution in [3.8, 4) is 0 Å². The topological polar surface area (TPSA) is 41.1 Å². The van der Waals surface area contributed by atoms with Gasteiger partial charge in [-0.2, -0.15) is 0 Å². The first kappa shape index (κ1) is 14.5. The molecule has 2 aromatic rings. The van der Waals surface area contributed by atoms with E-state index < -0.39 is 0 Å². The zero-order chi connectivity index (χ0) is 15.8. The number of fused-ring (bicyclic) bond motifs is 3. The van der Waals surface area contributed by atoms with Crippen LogP contribution < -0.4 is 10.6 Å². The highest BCUT2D eigenvalue weighted by Gasteiger charge is 2.31. The first-order valence-electron chi connectivity index (χ1n) is 8.17. The quantitative estimate of drug-likeness (QED) is 0.869. The van der Waals surface area contributed by atoms with Gasteiger partial charge in [-0.25, -0.2) is 0 Å². The highest BCUT2D eigenvalue weighted by molar-refractivity contribution is 7.16. The number of hydrogen-bond acceptors (Lipinski definition) is 3. The average Bonchev–Trinajstić information content (AvgIpc) is 2.94. The van der Waals surface area contributed by atoms with Gasteiger partial charge in [-0.15, -0.1) is 11.3 Å². The lowest BCUT2D eigenvalue weighted by atomic mass is 9.94. The minimum absolute atomic E-state index is 0.0731. The van der Waals surface area contributed by atoms with Gasteiger partial charge < -0.3 is 10.6 Å². The molecule has 2 aliphatic rings. The predicted molar refractivity (Wildman–Crippen MR) is 95.9 cm³/mol. The molecule has 0 bridgehead atoms. The second-order valence-corrected chi connectivity index (χ2v) is 7.37. The van der Waals surface area contributed by atoms with Crippen molar-refractivity contribution in [1.29, 1.82) is 0 Å². The molecule has 2 heterocycles. The second kappa shape index (κ2) is 5.85. The van der Waals surface area contributed by atoms with Gasteiger partial charge in [0.25, 0.3) is 5.91 Å². The second-order valence-electron chi connectivity index (χ2n) is 6.26. The number of anilines is 1. The SMILES string of the molecule is C/C(=C/c1ccccc1)[C@H]1NC(=O)c2c(sc3c2CCCC3)N1. The van der Waals surface area contributed by atoms with Gasteiger partial charge >= 0.3 is 0 Å². The Balaban J connectivity index is 1.63. The van der Waals surface area contributed by atoms with E-state index >= 15 is 0 Å². The van der Waals surface area contributed by atoms with Gasteiger partial charge in [0.15, 0.2) is 0 Å². The molecule has 1 atom stereocenters. The van der Waals surface area contributed by atoms with Crippen LogP contribution in [0.3, 0.4) is 0 Å². The molecule has 0 fully saturated rings. The number of nitrogens with one attached hydrogen (secondary N) is 2. The summed E-state index contributed by atoms with van der Waals surface area (Å²) in [4.78, 5) is 14.0. The van der Waals surface area contributed by atoms with E-state index in [-0.39, 0.29) is 12.1 Å². The zero-order valence-electron chi connectivity index (χ0n) is 13.2. The van der Waals surface area contributed by atoms with Crippen LogP contribution in [0.4, 0.5) is 5.00 Å². The maximum Gasteiger partial charge on any atom is 0.256 e. The molecule has 0 radical (unpaired) electrons. The Morgan fingerprint density at radius 1 is 1.17 bits per heavy atom. The lowest BCUT2D eigenvalue weighted by Crippen LogP contribution is -2.45. The van der Waals surface area contributed by atoms with E-state index in [1.54, 1.807) is 11.3 Å². The Bertz CT molecular complexity index is 776. The van der Waals surface area contributed by atoms with Crippen LogP contribution in [0.25, 0.3) is 6.08 Å².